The first-order valence-corrected chi connectivity index (χ1v) is 10.2. The Morgan fingerprint density at radius 1 is 1.25 bits per heavy atom. The van der Waals surface area contributed by atoms with Gasteiger partial charge in [0.25, 0.3) is 0 Å². The molecule has 2 aliphatic heterocycles. The fourth-order valence-electron chi connectivity index (χ4n) is 4.16. The lowest BCUT2D eigenvalue weighted by atomic mass is 9.84. The molecule has 2 saturated heterocycles. The van der Waals surface area contributed by atoms with Crippen LogP contribution in [0.5, 0.6) is 5.75 Å². The number of nitrogens with zero attached hydrogens (tertiary/aromatic N) is 1. The highest BCUT2D eigenvalue weighted by atomic mass is 16.6. The highest BCUT2D eigenvalue weighted by Gasteiger charge is 2.47. The minimum Gasteiger partial charge on any atom is -0.497 e. The topological polar surface area (TPSA) is 60.0 Å². The zero-order chi connectivity index (χ0) is 20.4. The lowest BCUT2D eigenvalue weighted by molar-refractivity contribution is -0.0607. The molecule has 0 aliphatic carbocycles. The van der Waals surface area contributed by atoms with Gasteiger partial charge < -0.3 is 24.4 Å². The summed E-state index contributed by atoms with van der Waals surface area (Å²) in [6, 6.07) is 8.69. The summed E-state index contributed by atoms with van der Waals surface area (Å²) in [5, 5.41) is 3.77. The van der Waals surface area contributed by atoms with Gasteiger partial charge in [-0.25, -0.2) is 4.79 Å². The maximum Gasteiger partial charge on any atom is 0.410 e. The van der Waals surface area contributed by atoms with E-state index in [1.807, 2.05) is 37.8 Å². The molecular weight excluding hydrogens is 356 g/mol. The van der Waals surface area contributed by atoms with Crippen molar-refractivity contribution in [2.75, 3.05) is 26.8 Å². The molecule has 1 aromatic rings. The van der Waals surface area contributed by atoms with Crippen molar-refractivity contribution in [1.29, 1.82) is 0 Å². The number of hydrogen-bond donors (Lipinski definition) is 1. The van der Waals surface area contributed by atoms with Gasteiger partial charge >= 0.3 is 6.09 Å². The molecule has 6 nitrogen and oxygen atoms in total. The summed E-state index contributed by atoms with van der Waals surface area (Å²) in [6.07, 6.45) is 2.43. The van der Waals surface area contributed by atoms with Crippen molar-refractivity contribution in [3.8, 4) is 5.75 Å². The predicted octanol–water partition coefficient (Wildman–Crippen LogP) is 3.90. The van der Waals surface area contributed by atoms with Gasteiger partial charge in [0.15, 0.2) is 0 Å². The SMILES string of the molecule is COc1ccc(C(C)NC2CCOC23CCN(C(=O)OC(C)(C)C)CC3)cc1. The third-order valence-electron chi connectivity index (χ3n) is 5.76. The summed E-state index contributed by atoms with van der Waals surface area (Å²) in [6.45, 7) is 9.99. The van der Waals surface area contributed by atoms with Crippen molar-refractivity contribution in [2.24, 2.45) is 0 Å². The molecule has 2 heterocycles. The molecule has 2 atom stereocenters. The largest absolute Gasteiger partial charge is 0.497 e. The van der Waals surface area contributed by atoms with Crippen molar-refractivity contribution < 1.29 is 19.0 Å². The summed E-state index contributed by atoms with van der Waals surface area (Å²) in [4.78, 5) is 14.2. The molecule has 0 bridgehead atoms. The Bertz CT molecular complexity index is 660. The van der Waals surface area contributed by atoms with E-state index in [2.05, 4.69) is 24.4 Å². The maximum atomic E-state index is 12.4. The van der Waals surface area contributed by atoms with Crippen LogP contribution in [-0.4, -0.2) is 55.0 Å². The summed E-state index contributed by atoms with van der Waals surface area (Å²) < 4.78 is 17.0. The smallest absolute Gasteiger partial charge is 0.410 e. The fourth-order valence-corrected chi connectivity index (χ4v) is 4.16. The Morgan fingerprint density at radius 3 is 2.46 bits per heavy atom. The number of methoxy groups -OCH3 is 1. The number of carbonyl (C=O) groups excluding carboxylic acids is 1. The van der Waals surface area contributed by atoms with Crippen LogP contribution in [0.3, 0.4) is 0 Å². The van der Waals surface area contributed by atoms with Crippen LogP contribution in [0.1, 0.15) is 58.6 Å². The Hall–Kier alpha value is -1.79. The lowest BCUT2D eigenvalue weighted by Crippen LogP contribution is -2.56. The van der Waals surface area contributed by atoms with E-state index >= 15 is 0 Å². The number of ether oxygens (including phenoxy) is 3. The molecule has 156 valence electrons. The minimum atomic E-state index is -0.464. The third-order valence-corrected chi connectivity index (χ3v) is 5.76. The molecule has 2 aliphatic rings. The van der Waals surface area contributed by atoms with Gasteiger partial charge in [-0.3, -0.25) is 0 Å². The molecule has 1 N–H and O–H groups in total. The number of amides is 1. The van der Waals surface area contributed by atoms with E-state index in [0.717, 1.165) is 31.6 Å². The first-order chi connectivity index (χ1) is 13.2. The van der Waals surface area contributed by atoms with Gasteiger partial charge in [0.1, 0.15) is 11.4 Å². The van der Waals surface area contributed by atoms with Crippen molar-refractivity contribution in [1.82, 2.24) is 10.2 Å². The molecule has 2 unspecified atom stereocenters. The summed E-state index contributed by atoms with van der Waals surface area (Å²) in [5.41, 5.74) is 0.571. The Kier molecular flexibility index (Phi) is 6.20. The molecule has 3 rings (SSSR count). The molecule has 6 heteroatoms. The van der Waals surface area contributed by atoms with E-state index in [-0.39, 0.29) is 23.8 Å². The average Bonchev–Trinajstić information content (AvgIpc) is 3.02. The highest BCUT2D eigenvalue weighted by Crippen LogP contribution is 2.37. The second-order valence-electron chi connectivity index (χ2n) is 8.88. The van der Waals surface area contributed by atoms with Gasteiger partial charge in [0.2, 0.25) is 0 Å². The first-order valence-electron chi connectivity index (χ1n) is 10.2. The van der Waals surface area contributed by atoms with Crippen LogP contribution in [-0.2, 0) is 9.47 Å². The fraction of sp³-hybridized carbons (Fsp3) is 0.682. The van der Waals surface area contributed by atoms with Crippen molar-refractivity contribution >= 4 is 6.09 Å². The number of carbonyl (C=O) groups is 1. The number of likely N-dealkylation sites (tertiary alicyclic amines) is 1. The number of benzene rings is 1. The Balaban J connectivity index is 1.59. The van der Waals surface area contributed by atoms with Crippen LogP contribution in [0.4, 0.5) is 4.79 Å². The van der Waals surface area contributed by atoms with E-state index in [9.17, 15) is 4.79 Å². The van der Waals surface area contributed by atoms with Gasteiger partial charge in [-0.2, -0.15) is 0 Å². The van der Waals surface area contributed by atoms with E-state index < -0.39 is 5.60 Å². The quantitative estimate of drug-likeness (QED) is 0.845. The van der Waals surface area contributed by atoms with Crippen LogP contribution in [0, 0.1) is 0 Å². The monoisotopic (exact) mass is 390 g/mol. The van der Waals surface area contributed by atoms with E-state index in [1.54, 1.807) is 7.11 Å². The van der Waals surface area contributed by atoms with E-state index in [0.29, 0.717) is 13.1 Å². The summed E-state index contributed by atoms with van der Waals surface area (Å²) >= 11 is 0. The zero-order valence-electron chi connectivity index (χ0n) is 17.8. The third kappa shape index (κ3) is 4.78. The molecular formula is C22H34N2O4. The first kappa shape index (κ1) is 20.9. The van der Waals surface area contributed by atoms with Crippen LogP contribution >= 0.6 is 0 Å². The lowest BCUT2D eigenvalue weighted by Gasteiger charge is -2.43. The second-order valence-corrected chi connectivity index (χ2v) is 8.88. The Labute approximate surface area is 168 Å². The molecule has 0 radical (unpaired) electrons. The average molecular weight is 391 g/mol. The second kappa shape index (κ2) is 8.29. The summed E-state index contributed by atoms with van der Waals surface area (Å²) in [5.74, 6) is 0.867. The summed E-state index contributed by atoms with van der Waals surface area (Å²) in [7, 11) is 1.68. The van der Waals surface area contributed by atoms with Crippen LogP contribution in [0.15, 0.2) is 24.3 Å². The normalized spacial score (nSPS) is 22.9. The van der Waals surface area contributed by atoms with Gasteiger partial charge in [-0.15, -0.1) is 0 Å². The van der Waals surface area contributed by atoms with Crippen molar-refractivity contribution in [3.05, 3.63) is 29.8 Å². The predicted molar refractivity (Wildman–Crippen MR) is 109 cm³/mol. The number of nitrogens with one attached hydrogen (secondary N) is 1. The van der Waals surface area contributed by atoms with Crippen LogP contribution < -0.4 is 10.1 Å². The molecule has 1 aromatic carbocycles. The van der Waals surface area contributed by atoms with E-state index in [4.69, 9.17) is 14.2 Å². The van der Waals surface area contributed by atoms with Gasteiger partial charge in [-0.05, 0) is 64.7 Å². The van der Waals surface area contributed by atoms with Gasteiger partial charge in [0, 0.05) is 31.8 Å². The molecule has 28 heavy (non-hydrogen) atoms. The minimum absolute atomic E-state index is 0.195. The van der Waals surface area contributed by atoms with Crippen molar-refractivity contribution in [3.63, 3.8) is 0 Å². The zero-order valence-corrected chi connectivity index (χ0v) is 17.8. The standard InChI is InChI=1S/C22H34N2O4/c1-16(17-6-8-18(26-5)9-7-17)23-19-10-15-27-22(19)11-13-24(14-12-22)20(25)28-21(2,3)4/h6-9,16,19,23H,10-15H2,1-5H3. The Morgan fingerprint density at radius 2 is 1.89 bits per heavy atom. The number of piperidine rings is 1. The van der Waals surface area contributed by atoms with Crippen molar-refractivity contribution in [2.45, 2.75) is 70.2 Å². The molecule has 1 spiro atoms. The number of rotatable bonds is 4. The maximum absolute atomic E-state index is 12.4. The van der Waals surface area contributed by atoms with Gasteiger partial charge in [0.05, 0.1) is 12.7 Å². The van der Waals surface area contributed by atoms with Crippen LogP contribution in [0.25, 0.3) is 0 Å². The van der Waals surface area contributed by atoms with Gasteiger partial charge in [-0.1, -0.05) is 12.1 Å². The molecule has 0 aromatic heterocycles. The number of hydrogen-bond acceptors (Lipinski definition) is 5. The van der Waals surface area contributed by atoms with Crippen LogP contribution in [0.2, 0.25) is 0 Å². The molecule has 2 fully saturated rings. The van der Waals surface area contributed by atoms with E-state index in [1.165, 1.54) is 5.56 Å². The highest BCUT2D eigenvalue weighted by molar-refractivity contribution is 5.68. The molecule has 1 amide bonds. The molecule has 0 saturated carbocycles.